The molecule has 8 heteroatoms. The molecule has 1 fully saturated rings. The lowest BCUT2D eigenvalue weighted by molar-refractivity contribution is -0.122. The molecular weight excluding hydrogens is 520 g/mol. The highest BCUT2D eigenvalue weighted by atomic mass is 32.2. The van der Waals surface area contributed by atoms with E-state index in [0.29, 0.717) is 15.8 Å². The molecule has 0 bridgehead atoms. The Balaban J connectivity index is 1.32. The van der Waals surface area contributed by atoms with Gasteiger partial charge in [-0.25, -0.2) is 4.99 Å². The zero-order valence-electron chi connectivity index (χ0n) is 21.8. The van der Waals surface area contributed by atoms with Crippen LogP contribution < -0.4 is 5.32 Å². The highest BCUT2D eigenvalue weighted by Crippen LogP contribution is 2.36. The number of hydrogen-bond donors (Lipinski definition) is 1. The average Bonchev–Trinajstić information content (AvgIpc) is 3.66. The summed E-state index contributed by atoms with van der Waals surface area (Å²) in [7, 11) is 0. The molecule has 6 rings (SSSR count). The SMILES string of the molecule is Cc1cccc(NC(=O)Cn2cc(/C=C3\SC(=Nc4ccccc4)N(Cc4ccco4)C3=O)c3ccccc32)c1. The van der Waals surface area contributed by atoms with Crippen LogP contribution in [-0.2, 0) is 22.7 Å². The maximum absolute atomic E-state index is 13.6. The molecule has 2 aromatic heterocycles. The Morgan fingerprint density at radius 2 is 1.82 bits per heavy atom. The Morgan fingerprint density at radius 3 is 2.62 bits per heavy atom. The first-order chi connectivity index (χ1) is 19.5. The van der Waals surface area contributed by atoms with E-state index in [-0.39, 0.29) is 24.9 Å². The Bertz CT molecular complexity index is 1750. The highest BCUT2D eigenvalue weighted by Gasteiger charge is 2.34. The molecule has 0 radical (unpaired) electrons. The zero-order valence-corrected chi connectivity index (χ0v) is 22.6. The number of fused-ring (bicyclic) bond motifs is 1. The molecule has 2 amide bonds. The minimum absolute atomic E-state index is 0.126. The fraction of sp³-hybridized carbons (Fsp3) is 0.0938. The van der Waals surface area contributed by atoms with Crippen molar-refractivity contribution in [1.82, 2.24) is 9.47 Å². The summed E-state index contributed by atoms with van der Waals surface area (Å²) < 4.78 is 7.44. The fourth-order valence-electron chi connectivity index (χ4n) is 4.64. The van der Waals surface area contributed by atoms with Crippen molar-refractivity contribution in [2.24, 2.45) is 4.99 Å². The summed E-state index contributed by atoms with van der Waals surface area (Å²) in [6.07, 6.45) is 5.40. The van der Waals surface area contributed by atoms with Crippen molar-refractivity contribution in [1.29, 1.82) is 0 Å². The predicted octanol–water partition coefficient (Wildman–Crippen LogP) is 6.99. The highest BCUT2D eigenvalue weighted by molar-refractivity contribution is 8.18. The number of benzene rings is 3. The number of amidine groups is 1. The van der Waals surface area contributed by atoms with Gasteiger partial charge in [0.15, 0.2) is 5.17 Å². The number of nitrogens with one attached hydrogen (secondary N) is 1. The summed E-state index contributed by atoms with van der Waals surface area (Å²) in [4.78, 5) is 33.5. The van der Waals surface area contributed by atoms with Crippen LogP contribution in [0.25, 0.3) is 17.0 Å². The summed E-state index contributed by atoms with van der Waals surface area (Å²) in [6, 6.07) is 28.8. The maximum Gasteiger partial charge on any atom is 0.267 e. The summed E-state index contributed by atoms with van der Waals surface area (Å²) >= 11 is 1.33. The molecule has 0 aliphatic carbocycles. The lowest BCUT2D eigenvalue weighted by atomic mass is 10.1. The van der Waals surface area contributed by atoms with E-state index in [1.807, 2.05) is 109 Å². The molecule has 0 atom stereocenters. The molecule has 3 heterocycles. The minimum atomic E-state index is -0.148. The maximum atomic E-state index is 13.6. The predicted molar refractivity (Wildman–Crippen MR) is 160 cm³/mol. The lowest BCUT2D eigenvalue weighted by Gasteiger charge is -2.13. The zero-order chi connectivity index (χ0) is 27.5. The summed E-state index contributed by atoms with van der Waals surface area (Å²) in [5.41, 5.74) is 4.37. The molecule has 5 aromatic rings. The molecule has 3 aromatic carbocycles. The third-order valence-corrected chi connectivity index (χ3v) is 7.49. The Labute approximate surface area is 235 Å². The third kappa shape index (κ3) is 5.48. The standard InChI is InChI=1S/C32H26N4O3S/c1-22-9-7-12-25(17-22)33-30(37)21-35-19-23(27-14-5-6-15-28(27)35)18-29-31(38)36(20-26-13-8-16-39-26)32(40-29)34-24-10-3-2-4-11-24/h2-19H,20-21H2,1H3,(H,33,37)/b29-18-,34-32?. The number of aromatic nitrogens is 1. The number of rotatable bonds is 7. The van der Waals surface area contributed by atoms with Crippen LogP contribution in [0, 0.1) is 6.92 Å². The lowest BCUT2D eigenvalue weighted by Crippen LogP contribution is -2.28. The largest absolute Gasteiger partial charge is 0.467 e. The van der Waals surface area contributed by atoms with Crippen LogP contribution in [0.4, 0.5) is 11.4 Å². The molecule has 1 N–H and O–H groups in total. The molecular formula is C32H26N4O3S. The molecule has 1 aliphatic heterocycles. The first-order valence-corrected chi connectivity index (χ1v) is 13.7. The van der Waals surface area contributed by atoms with Crippen molar-refractivity contribution >= 4 is 57.1 Å². The number of amides is 2. The van der Waals surface area contributed by atoms with Gasteiger partial charge in [-0.3, -0.25) is 14.5 Å². The molecule has 1 aliphatic rings. The number of carbonyl (C=O) groups excluding carboxylic acids is 2. The Hall–Kier alpha value is -4.82. The van der Waals surface area contributed by atoms with Gasteiger partial charge < -0.3 is 14.3 Å². The Kier molecular flexibility index (Phi) is 7.08. The number of thioether (sulfide) groups is 1. The van der Waals surface area contributed by atoms with E-state index in [1.54, 1.807) is 17.2 Å². The number of hydrogen-bond acceptors (Lipinski definition) is 5. The van der Waals surface area contributed by atoms with Crippen LogP contribution in [0.15, 0.2) is 118 Å². The molecule has 0 saturated carbocycles. The number of nitrogens with zero attached hydrogens (tertiary/aromatic N) is 3. The second-order valence-electron chi connectivity index (χ2n) is 9.46. The number of aliphatic imine (C=N–C) groups is 1. The van der Waals surface area contributed by atoms with Crippen molar-refractivity contribution in [3.8, 4) is 0 Å². The second kappa shape index (κ2) is 11.1. The fourth-order valence-corrected chi connectivity index (χ4v) is 5.63. The van der Waals surface area contributed by atoms with Crippen molar-refractivity contribution < 1.29 is 14.0 Å². The summed E-state index contributed by atoms with van der Waals surface area (Å²) in [6.45, 7) is 2.41. The van der Waals surface area contributed by atoms with Crippen LogP contribution in [0.5, 0.6) is 0 Å². The quantitative estimate of drug-likeness (QED) is 0.223. The molecule has 0 unspecified atom stereocenters. The van der Waals surface area contributed by atoms with Crippen molar-refractivity contribution in [3.05, 3.63) is 125 Å². The van der Waals surface area contributed by atoms with E-state index in [9.17, 15) is 9.59 Å². The van der Waals surface area contributed by atoms with Gasteiger partial charge in [0.2, 0.25) is 5.91 Å². The van der Waals surface area contributed by atoms with Crippen molar-refractivity contribution in [2.75, 3.05) is 5.32 Å². The third-order valence-electron chi connectivity index (χ3n) is 6.48. The summed E-state index contributed by atoms with van der Waals surface area (Å²) in [5.74, 6) is 0.399. The van der Waals surface area contributed by atoms with Gasteiger partial charge >= 0.3 is 0 Å². The number of aryl methyl sites for hydroxylation is 1. The molecule has 0 spiro atoms. The first-order valence-electron chi connectivity index (χ1n) is 12.9. The van der Waals surface area contributed by atoms with E-state index >= 15 is 0 Å². The minimum Gasteiger partial charge on any atom is -0.467 e. The van der Waals surface area contributed by atoms with E-state index in [2.05, 4.69) is 5.32 Å². The van der Waals surface area contributed by atoms with Gasteiger partial charge in [0.25, 0.3) is 5.91 Å². The second-order valence-corrected chi connectivity index (χ2v) is 10.5. The summed E-state index contributed by atoms with van der Waals surface area (Å²) in [5, 5.41) is 4.52. The van der Waals surface area contributed by atoms with Gasteiger partial charge in [-0.2, -0.15) is 0 Å². The molecule has 7 nitrogen and oxygen atoms in total. The molecule has 40 heavy (non-hydrogen) atoms. The number of furan rings is 1. The number of carbonyl (C=O) groups is 2. The van der Waals surface area contributed by atoms with Crippen LogP contribution in [0.1, 0.15) is 16.9 Å². The van der Waals surface area contributed by atoms with Gasteiger partial charge in [-0.05, 0) is 72.8 Å². The molecule has 198 valence electrons. The van der Waals surface area contributed by atoms with Gasteiger partial charge in [0, 0.05) is 28.4 Å². The monoisotopic (exact) mass is 546 g/mol. The van der Waals surface area contributed by atoms with Crippen LogP contribution in [-0.4, -0.2) is 26.4 Å². The van der Waals surface area contributed by atoms with Crippen LogP contribution in [0.2, 0.25) is 0 Å². The molecule has 1 saturated heterocycles. The Morgan fingerprint density at radius 1 is 1.00 bits per heavy atom. The smallest absolute Gasteiger partial charge is 0.267 e. The number of anilines is 1. The van der Waals surface area contributed by atoms with Crippen molar-refractivity contribution in [3.63, 3.8) is 0 Å². The van der Waals surface area contributed by atoms with Crippen LogP contribution in [0.3, 0.4) is 0 Å². The van der Waals surface area contributed by atoms with Crippen molar-refractivity contribution in [2.45, 2.75) is 20.0 Å². The first kappa shape index (κ1) is 25.5. The van der Waals surface area contributed by atoms with E-state index in [1.165, 1.54) is 11.8 Å². The van der Waals surface area contributed by atoms with E-state index < -0.39 is 0 Å². The topological polar surface area (TPSA) is 79.8 Å². The van der Waals surface area contributed by atoms with Gasteiger partial charge in [0.05, 0.1) is 23.4 Å². The average molecular weight is 547 g/mol. The van der Waals surface area contributed by atoms with Gasteiger partial charge in [-0.15, -0.1) is 0 Å². The van der Waals surface area contributed by atoms with Gasteiger partial charge in [0.1, 0.15) is 12.3 Å². The normalized spacial score (nSPS) is 15.4. The van der Waals surface area contributed by atoms with E-state index in [4.69, 9.17) is 9.41 Å². The van der Waals surface area contributed by atoms with E-state index in [0.717, 1.165) is 33.4 Å². The number of para-hydroxylation sites is 2. The van der Waals surface area contributed by atoms with Gasteiger partial charge in [-0.1, -0.05) is 48.5 Å². The van der Waals surface area contributed by atoms with Crippen LogP contribution >= 0.6 is 11.8 Å².